The Labute approximate surface area is 123 Å². The summed E-state index contributed by atoms with van der Waals surface area (Å²) in [5, 5.41) is 3.47. The average molecular weight is 289 g/mol. The lowest BCUT2D eigenvalue weighted by atomic mass is 10.1. The average Bonchev–Trinajstić information content (AvgIpc) is 2.39. The third-order valence-corrected chi connectivity index (χ3v) is 3.26. The topological polar surface area (TPSA) is 55.1 Å². The standard InChI is InChI=1S/C16H17ClN2O/c1-11(9-12-5-3-2-4-6-12)19-16(20)14-8-7-13(17)10-15(14)18/h2-8,10-11H,9,18H2,1H3,(H,19,20). The summed E-state index contributed by atoms with van der Waals surface area (Å²) in [6.45, 7) is 1.97. The van der Waals surface area contributed by atoms with Crippen LogP contribution in [0.4, 0.5) is 5.69 Å². The summed E-state index contributed by atoms with van der Waals surface area (Å²) in [5.41, 5.74) is 7.83. The van der Waals surface area contributed by atoms with Gasteiger partial charge >= 0.3 is 0 Å². The Balaban J connectivity index is 2.00. The van der Waals surface area contributed by atoms with Crippen molar-refractivity contribution in [1.29, 1.82) is 0 Å². The van der Waals surface area contributed by atoms with Gasteiger partial charge in [-0.15, -0.1) is 0 Å². The minimum absolute atomic E-state index is 0.0278. The molecule has 104 valence electrons. The molecular weight excluding hydrogens is 272 g/mol. The van der Waals surface area contributed by atoms with Crippen LogP contribution in [0.3, 0.4) is 0 Å². The highest BCUT2D eigenvalue weighted by atomic mass is 35.5. The third kappa shape index (κ3) is 3.75. The molecule has 1 atom stereocenters. The van der Waals surface area contributed by atoms with Gasteiger partial charge in [-0.25, -0.2) is 0 Å². The summed E-state index contributed by atoms with van der Waals surface area (Å²) in [6, 6.07) is 14.9. The van der Waals surface area contributed by atoms with Crippen LogP contribution in [0, 0.1) is 0 Å². The first kappa shape index (κ1) is 14.4. The summed E-state index contributed by atoms with van der Waals surface area (Å²) in [7, 11) is 0. The van der Waals surface area contributed by atoms with Gasteiger partial charge in [0.05, 0.1) is 5.56 Å². The van der Waals surface area contributed by atoms with Crippen molar-refractivity contribution in [3.63, 3.8) is 0 Å². The number of hydrogen-bond donors (Lipinski definition) is 2. The summed E-state index contributed by atoms with van der Waals surface area (Å²) in [5.74, 6) is -0.178. The van der Waals surface area contributed by atoms with Gasteiger partial charge in [-0.2, -0.15) is 0 Å². The van der Waals surface area contributed by atoms with Crippen molar-refractivity contribution in [2.45, 2.75) is 19.4 Å². The Bertz CT molecular complexity index is 599. The van der Waals surface area contributed by atoms with Gasteiger partial charge in [0, 0.05) is 16.8 Å². The van der Waals surface area contributed by atoms with E-state index < -0.39 is 0 Å². The van der Waals surface area contributed by atoms with Gasteiger partial charge in [0.15, 0.2) is 0 Å². The van der Waals surface area contributed by atoms with Crippen LogP contribution < -0.4 is 11.1 Å². The van der Waals surface area contributed by atoms with Crippen LogP contribution in [-0.4, -0.2) is 11.9 Å². The number of nitrogens with one attached hydrogen (secondary N) is 1. The molecule has 20 heavy (non-hydrogen) atoms. The van der Waals surface area contributed by atoms with Gasteiger partial charge < -0.3 is 11.1 Å². The smallest absolute Gasteiger partial charge is 0.253 e. The van der Waals surface area contributed by atoms with Gasteiger partial charge in [0.25, 0.3) is 5.91 Å². The molecule has 2 aromatic rings. The predicted molar refractivity (Wildman–Crippen MR) is 82.9 cm³/mol. The number of nitrogen functional groups attached to an aromatic ring is 1. The maximum atomic E-state index is 12.1. The molecule has 0 saturated heterocycles. The number of rotatable bonds is 4. The van der Waals surface area contributed by atoms with Crippen molar-refractivity contribution in [1.82, 2.24) is 5.32 Å². The molecule has 0 aromatic heterocycles. The molecule has 2 rings (SSSR count). The van der Waals surface area contributed by atoms with Crippen LogP contribution >= 0.6 is 11.6 Å². The van der Waals surface area contributed by atoms with E-state index in [0.717, 1.165) is 6.42 Å². The molecule has 3 nitrogen and oxygen atoms in total. The normalized spacial score (nSPS) is 11.9. The highest BCUT2D eigenvalue weighted by Gasteiger charge is 2.13. The molecule has 4 heteroatoms. The largest absolute Gasteiger partial charge is 0.398 e. The molecule has 1 amide bonds. The molecule has 0 saturated carbocycles. The molecule has 2 aromatic carbocycles. The van der Waals surface area contributed by atoms with Crippen molar-refractivity contribution in [3.8, 4) is 0 Å². The number of amides is 1. The van der Waals surface area contributed by atoms with Crippen molar-refractivity contribution in [2.75, 3.05) is 5.73 Å². The maximum Gasteiger partial charge on any atom is 0.253 e. The molecule has 0 aliphatic heterocycles. The maximum absolute atomic E-state index is 12.1. The first-order valence-electron chi connectivity index (χ1n) is 6.46. The predicted octanol–water partition coefficient (Wildman–Crippen LogP) is 3.28. The minimum Gasteiger partial charge on any atom is -0.398 e. The Morgan fingerprint density at radius 2 is 1.95 bits per heavy atom. The Morgan fingerprint density at radius 1 is 1.25 bits per heavy atom. The fourth-order valence-corrected chi connectivity index (χ4v) is 2.24. The molecule has 0 radical (unpaired) electrons. The Morgan fingerprint density at radius 3 is 2.60 bits per heavy atom. The van der Waals surface area contributed by atoms with Crippen molar-refractivity contribution in [3.05, 3.63) is 64.7 Å². The summed E-state index contributed by atoms with van der Waals surface area (Å²) in [6.07, 6.45) is 0.778. The summed E-state index contributed by atoms with van der Waals surface area (Å²) >= 11 is 5.82. The highest BCUT2D eigenvalue weighted by Crippen LogP contribution is 2.18. The Hall–Kier alpha value is -2.00. The van der Waals surface area contributed by atoms with Crippen LogP contribution in [0.1, 0.15) is 22.8 Å². The fourth-order valence-electron chi connectivity index (χ4n) is 2.06. The van der Waals surface area contributed by atoms with Crippen LogP contribution in [0.15, 0.2) is 48.5 Å². The van der Waals surface area contributed by atoms with Gasteiger partial charge in [0.1, 0.15) is 0 Å². The number of carbonyl (C=O) groups excluding carboxylic acids is 1. The van der Waals surface area contributed by atoms with Crippen molar-refractivity contribution < 1.29 is 4.79 Å². The first-order valence-corrected chi connectivity index (χ1v) is 6.84. The molecular formula is C16H17ClN2O. The van der Waals surface area contributed by atoms with E-state index in [2.05, 4.69) is 5.32 Å². The van der Waals surface area contributed by atoms with Crippen molar-refractivity contribution >= 4 is 23.2 Å². The van der Waals surface area contributed by atoms with Gasteiger partial charge in [-0.05, 0) is 37.1 Å². The third-order valence-electron chi connectivity index (χ3n) is 3.02. The summed E-state index contributed by atoms with van der Waals surface area (Å²) in [4.78, 5) is 12.1. The SMILES string of the molecule is CC(Cc1ccccc1)NC(=O)c1ccc(Cl)cc1N. The highest BCUT2D eigenvalue weighted by molar-refractivity contribution is 6.31. The number of anilines is 1. The second-order valence-corrected chi connectivity index (χ2v) is 5.23. The lowest BCUT2D eigenvalue weighted by Crippen LogP contribution is -2.34. The van der Waals surface area contributed by atoms with E-state index in [9.17, 15) is 4.79 Å². The van der Waals surface area contributed by atoms with E-state index in [0.29, 0.717) is 16.3 Å². The second kappa shape index (κ2) is 6.44. The van der Waals surface area contributed by atoms with E-state index in [1.165, 1.54) is 5.56 Å². The number of halogens is 1. The van der Waals surface area contributed by atoms with Gasteiger partial charge in [-0.3, -0.25) is 4.79 Å². The summed E-state index contributed by atoms with van der Waals surface area (Å²) < 4.78 is 0. The van der Waals surface area contributed by atoms with Crippen LogP contribution in [-0.2, 0) is 6.42 Å². The molecule has 0 fully saturated rings. The molecule has 0 aliphatic rings. The van der Waals surface area contributed by atoms with E-state index in [1.54, 1.807) is 18.2 Å². The van der Waals surface area contributed by atoms with E-state index in [1.807, 2.05) is 37.3 Å². The fraction of sp³-hybridized carbons (Fsp3) is 0.188. The lowest BCUT2D eigenvalue weighted by Gasteiger charge is -2.15. The minimum atomic E-state index is -0.178. The van der Waals surface area contributed by atoms with Gasteiger partial charge in [-0.1, -0.05) is 41.9 Å². The van der Waals surface area contributed by atoms with Crippen molar-refractivity contribution in [2.24, 2.45) is 0 Å². The number of carbonyl (C=O) groups is 1. The molecule has 3 N–H and O–H groups in total. The van der Waals surface area contributed by atoms with Gasteiger partial charge in [0.2, 0.25) is 0 Å². The van der Waals surface area contributed by atoms with E-state index >= 15 is 0 Å². The molecule has 0 spiro atoms. The number of hydrogen-bond acceptors (Lipinski definition) is 2. The number of benzene rings is 2. The van der Waals surface area contributed by atoms with E-state index in [-0.39, 0.29) is 11.9 Å². The number of nitrogens with two attached hydrogens (primary N) is 1. The Kier molecular flexibility index (Phi) is 4.64. The quantitative estimate of drug-likeness (QED) is 0.848. The second-order valence-electron chi connectivity index (χ2n) is 4.80. The van der Waals surface area contributed by atoms with Crippen LogP contribution in [0.25, 0.3) is 0 Å². The zero-order valence-corrected chi connectivity index (χ0v) is 12.0. The van der Waals surface area contributed by atoms with Crippen LogP contribution in [0.5, 0.6) is 0 Å². The molecule has 0 heterocycles. The molecule has 0 bridgehead atoms. The monoisotopic (exact) mass is 288 g/mol. The van der Waals surface area contributed by atoms with E-state index in [4.69, 9.17) is 17.3 Å². The molecule has 0 aliphatic carbocycles. The zero-order chi connectivity index (χ0) is 14.5. The first-order chi connectivity index (χ1) is 9.56. The lowest BCUT2D eigenvalue weighted by molar-refractivity contribution is 0.0941. The molecule has 1 unspecified atom stereocenters. The zero-order valence-electron chi connectivity index (χ0n) is 11.3. The van der Waals surface area contributed by atoms with Crippen LogP contribution in [0.2, 0.25) is 5.02 Å².